The van der Waals surface area contributed by atoms with E-state index in [0.29, 0.717) is 19.2 Å². The molecule has 0 aromatic heterocycles. The number of nitrogens with zero attached hydrogens (tertiary/aromatic N) is 2. The van der Waals surface area contributed by atoms with Crippen LogP contribution in [0.1, 0.15) is 33.9 Å². The first-order valence-corrected chi connectivity index (χ1v) is 10.2. The zero-order valence-electron chi connectivity index (χ0n) is 16.6. The van der Waals surface area contributed by atoms with Gasteiger partial charge in [0.25, 0.3) is 5.91 Å². The number of hydrogen-bond acceptors (Lipinski definition) is 4. The van der Waals surface area contributed by atoms with Crippen LogP contribution >= 0.6 is 0 Å². The van der Waals surface area contributed by atoms with Crippen LogP contribution in [0.25, 0.3) is 0 Å². The van der Waals surface area contributed by atoms with Gasteiger partial charge in [-0.25, -0.2) is 0 Å². The maximum absolute atomic E-state index is 12.5. The lowest BCUT2D eigenvalue weighted by molar-refractivity contribution is 0.0866. The molecule has 1 atom stereocenters. The van der Waals surface area contributed by atoms with Crippen LogP contribution in [0.15, 0.2) is 48.5 Å². The maximum Gasteiger partial charge on any atom is 0.251 e. The Bertz CT molecular complexity index is 809. The number of likely N-dealkylation sites (N-methyl/N-ethyl adjacent to an activating group) is 1. The number of nitrogens with one attached hydrogen (secondary N) is 1. The first kappa shape index (κ1) is 19.0. The van der Waals surface area contributed by atoms with E-state index in [2.05, 4.69) is 52.5 Å². The molecule has 5 heteroatoms. The molecule has 1 amide bonds. The van der Waals surface area contributed by atoms with Crippen LogP contribution < -0.4 is 10.1 Å². The number of amides is 1. The summed E-state index contributed by atoms with van der Waals surface area (Å²) in [5.74, 6) is 0.922. The first-order valence-electron chi connectivity index (χ1n) is 10.2. The number of piperazine rings is 1. The molecule has 2 heterocycles. The van der Waals surface area contributed by atoms with Crippen LogP contribution in [0.2, 0.25) is 0 Å². The van der Waals surface area contributed by atoms with Crippen molar-refractivity contribution in [1.82, 2.24) is 15.1 Å². The van der Waals surface area contributed by atoms with Crippen molar-refractivity contribution in [2.24, 2.45) is 0 Å². The smallest absolute Gasteiger partial charge is 0.251 e. The molecule has 0 bridgehead atoms. The summed E-state index contributed by atoms with van der Waals surface area (Å²) in [6, 6.07) is 16.9. The molecule has 2 aromatic rings. The van der Waals surface area contributed by atoms with E-state index in [-0.39, 0.29) is 5.91 Å². The predicted molar refractivity (Wildman–Crippen MR) is 111 cm³/mol. The molecule has 0 radical (unpaired) electrons. The van der Waals surface area contributed by atoms with E-state index < -0.39 is 0 Å². The summed E-state index contributed by atoms with van der Waals surface area (Å²) >= 11 is 0. The van der Waals surface area contributed by atoms with Crippen molar-refractivity contribution >= 4 is 5.91 Å². The molecule has 0 saturated carbocycles. The molecule has 148 valence electrons. The Labute approximate surface area is 167 Å². The van der Waals surface area contributed by atoms with Crippen LogP contribution in [0.3, 0.4) is 0 Å². The topological polar surface area (TPSA) is 44.8 Å². The summed E-state index contributed by atoms with van der Waals surface area (Å²) in [5.41, 5.74) is 3.24. The van der Waals surface area contributed by atoms with E-state index in [4.69, 9.17) is 4.74 Å². The molecule has 2 aromatic carbocycles. The van der Waals surface area contributed by atoms with Gasteiger partial charge >= 0.3 is 0 Å². The second kappa shape index (κ2) is 8.76. The molecule has 1 N–H and O–H groups in total. The molecule has 0 aliphatic carbocycles. The van der Waals surface area contributed by atoms with Gasteiger partial charge in [-0.05, 0) is 42.8 Å². The van der Waals surface area contributed by atoms with Crippen molar-refractivity contribution in [2.75, 3.05) is 46.4 Å². The lowest BCUT2D eigenvalue weighted by Gasteiger charge is -2.40. The second-order valence-electron chi connectivity index (χ2n) is 7.76. The standard InChI is InChI=1S/C23H29N3O2/c1-25-13-14-26(21(17-25)18-6-3-2-4-7-18)12-5-11-24-23(27)20-8-9-22-19(16-20)10-15-28-22/h2-4,6-9,16,21H,5,10-15,17H2,1H3,(H,24,27)/t21-/m0/s1. The highest BCUT2D eigenvalue weighted by Gasteiger charge is 2.26. The Balaban J connectivity index is 1.28. The highest BCUT2D eigenvalue weighted by molar-refractivity contribution is 5.94. The number of ether oxygens (including phenoxy) is 1. The number of benzene rings is 2. The maximum atomic E-state index is 12.5. The van der Waals surface area contributed by atoms with Gasteiger partial charge in [0.2, 0.25) is 0 Å². The van der Waals surface area contributed by atoms with E-state index in [9.17, 15) is 4.79 Å². The quantitative estimate of drug-likeness (QED) is 0.784. The van der Waals surface area contributed by atoms with Gasteiger partial charge < -0.3 is 15.0 Å². The number of rotatable bonds is 6. The summed E-state index contributed by atoms with van der Waals surface area (Å²) in [5, 5.41) is 3.08. The second-order valence-corrected chi connectivity index (χ2v) is 7.76. The third-order valence-corrected chi connectivity index (χ3v) is 5.74. The van der Waals surface area contributed by atoms with Gasteiger partial charge in [0, 0.05) is 50.7 Å². The van der Waals surface area contributed by atoms with E-state index in [1.807, 2.05) is 18.2 Å². The average molecular weight is 380 g/mol. The zero-order valence-corrected chi connectivity index (χ0v) is 16.6. The predicted octanol–water partition coefficient (Wildman–Crippen LogP) is 2.73. The Morgan fingerprint density at radius 3 is 2.89 bits per heavy atom. The first-order chi connectivity index (χ1) is 13.7. The van der Waals surface area contributed by atoms with E-state index >= 15 is 0 Å². The summed E-state index contributed by atoms with van der Waals surface area (Å²) in [6.45, 7) is 5.61. The molecule has 1 saturated heterocycles. The van der Waals surface area contributed by atoms with Crippen LogP contribution in [0.4, 0.5) is 0 Å². The van der Waals surface area contributed by atoms with Crippen molar-refractivity contribution < 1.29 is 9.53 Å². The van der Waals surface area contributed by atoms with E-state index in [1.165, 1.54) is 5.56 Å². The van der Waals surface area contributed by atoms with Crippen molar-refractivity contribution in [2.45, 2.75) is 18.9 Å². The molecular formula is C23H29N3O2. The Hall–Kier alpha value is -2.37. The van der Waals surface area contributed by atoms with Gasteiger partial charge in [-0.2, -0.15) is 0 Å². The molecule has 0 unspecified atom stereocenters. The molecule has 1 fully saturated rings. The van der Waals surface area contributed by atoms with Gasteiger partial charge in [-0.1, -0.05) is 30.3 Å². The van der Waals surface area contributed by atoms with E-state index in [0.717, 1.165) is 55.9 Å². The lowest BCUT2D eigenvalue weighted by atomic mass is 10.0. The van der Waals surface area contributed by atoms with Gasteiger partial charge in [0.15, 0.2) is 0 Å². The number of carbonyl (C=O) groups excluding carboxylic acids is 1. The summed E-state index contributed by atoms with van der Waals surface area (Å²) < 4.78 is 5.51. The summed E-state index contributed by atoms with van der Waals surface area (Å²) in [7, 11) is 2.19. The third kappa shape index (κ3) is 4.37. The fourth-order valence-corrected chi connectivity index (χ4v) is 4.13. The molecule has 28 heavy (non-hydrogen) atoms. The minimum Gasteiger partial charge on any atom is -0.493 e. The largest absolute Gasteiger partial charge is 0.493 e. The van der Waals surface area contributed by atoms with Gasteiger partial charge in [-0.15, -0.1) is 0 Å². The summed E-state index contributed by atoms with van der Waals surface area (Å²) in [4.78, 5) is 17.4. The zero-order chi connectivity index (χ0) is 19.3. The highest BCUT2D eigenvalue weighted by atomic mass is 16.5. The van der Waals surface area contributed by atoms with E-state index in [1.54, 1.807) is 0 Å². The Morgan fingerprint density at radius 1 is 1.18 bits per heavy atom. The van der Waals surface area contributed by atoms with Crippen LogP contribution in [0, 0.1) is 0 Å². The summed E-state index contributed by atoms with van der Waals surface area (Å²) in [6.07, 6.45) is 1.84. The normalized spacial score (nSPS) is 19.8. The van der Waals surface area contributed by atoms with Gasteiger partial charge in [0.1, 0.15) is 5.75 Å². The number of carbonyl (C=O) groups is 1. The molecule has 5 nitrogen and oxygen atoms in total. The SMILES string of the molecule is CN1CCN(CCCNC(=O)c2ccc3c(c2)CCO3)[C@H](c2ccccc2)C1. The monoisotopic (exact) mass is 379 g/mol. The number of fused-ring (bicyclic) bond motifs is 1. The molecule has 2 aliphatic rings. The van der Waals surface area contributed by atoms with Crippen LogP contribution in [-0.2, 0) is 6.42 Å². The van der Waals surface area contributed by atoms with Gasteiger partial charge in [0.05, 0.1) is 6.61 Å². The fraction of sp³-hybridized carbons (Fsp3) is 0.435. The minimum absolute atomic E-state index is 0.00712. The molecule has 4 rings (SSSR count). The average Bonchev–Trinajstić information content (AvgIpc) is 3.20. The molecule has 2 aliphatic heterocycles. The Kier molecular flexibility index (Phi) is 5.93. The van der Waals surface area contributed by atoms with Crippen molar-refractivity contribution in [1.29, 1.82) is 0 Å². The Morgan fingerprint density at radius 2 is 2.04 bits per heavy atom. The van der Waals surface area contributed by atoms with Crippen molar-refractivity contribution in [3.8, 4) is 5.75 Å². The third-order valence-electron chi connectivity index (χ3n) is 5.74. The minimum atomic E-state index is 0.00712. The highest BCUT2D eigenvalue weighted by Crippen LogP contribution is 2.26. The lowest BCUT2D eigenvalue weighted by Crippen LogP contribution is -2.47. The van der Waals surface area contributed by atoms with Crippen LogP contribution in [-0.4, -0.2) is 62.1 Å². The van der Waals surface area contributed by atoms with Gasteiger partial charge in [-0.3, -0.25) is 9.69 Å². The number of hydrogen-bond donors (Lipinski definition) is 1. The van der Waals surface area contributed by atoms with Crippen LogP contribution in [0.5, 0.6) is 5.75 Å². The van der Waals surface area contributed by atoms with Crippen molar-refractivity contribution in [3.05, 3.63) is 65.2 Å². The molecule has 0 spiro atoms. The molecular weight excluding hydrogens is 350 g/mol. The van der Waals surface area contributed by atoms with Crippen molar-refractivity contribution in [3.63, 3.8) is 0 Å². The fourth-order valence-electron chi connectivity index (χ4n) is 4.13.